The van der Waals surface area contributed by atoms with Crippen molar-refractivity contribution in [3.8, 4) is 0 Å². The molecule has 0 heterocycles. The Bertz CT molecular complexity index is 595. The SMILES string of the molecule is CC/C=C\C/C=C\CCCCCCCCCCCCCCCC(O)C(=O)NC(CO)C(O)C(O)CCCCC. The summed E-state index contributed by atoms with van der Waals surface area (Å²) in [6, 6.07) is -0.978. The average Bonchev–Trinajstić information content (AvgIpc) is 2.94. The highest BCUT2D eigenvalue weighted by Gasteiger charge is 2.28. The van der Waals surface area contributed by atoms with Gasteiger partial charge < -0.3 is 25.7 Å². The first-order chi connectivity index (χ1) is 19.0. The van der Waals surface area contributed by atoms with Crippen LogP contribution in [0.25, 0.3) is 0 Å². The van der Waals surface area contributed by atoms with Crippen LogP contribution in [-0.2, 0) is 4.79 Å². The van der Waals surface area contributed by atoms with Crippen LogP contribution >= 0.6 is 0 Å². The largest absolute Gasteiger partial charge is 0.394 e. The minimum atomic E-state index is -1.25. The van der Waals surface area contributed by atoms with Crippen molar-refractivity contribution >= 4 is 5.91 Å². The molecule has 0 aliphatic rings. The molecule has 5 N–H and O–H groups in total. The second-order valence-corrected chi connectivity index (χ2v) is 11.1. The van der Waals surface area contributed by atoms with Crippen LogP contribution in [0.4, 0.5) is 0 Å². The van der Waals surface area contributed by atoms with Crippen LogP contribution < -0.4 is 5.32 Å². The molecule has 0 bridgehead atoms. The zero-order valence-electron chi connectivity index (χ0n) is 25.4. The molecule has 0 saturated carbocycles. The summed E-state index contributed by atoms with van der Waals surface area (Å²) in [5.41, 5.74) is 0. The Labute approximate surface area is 240 Å². The number of hydrogen-bond acceptors (Lipinski definition) is 5. The van der Waals surface area contributed by atoms with E-state index in [1.807, 2.05) is 0 Å². The highest BCUT2D eigenvalue weighted by atomic mass is 16.3. The number of carbonyl (C=O) groups is 1. The van der Waals surface area contributed by atoms with Crippen LogP contribution in [0.15, 0.2) is 24.3 Å². The van der Waals surface area contributed by atoms with Crippen LogP contribution in [0.5, 0.6) is 0 Å². The Morgan fingerprint density at radius 3 is 1.72 bits per heavy atom. The van der Waals surface area contributed by atoms with Crippen molar-refractivity contribution in [1.29, 1.82) is 0 Å². The molecule has 1 amide bonds. The molecule has 0 spiro atoms. The zero-order chi connectivity index (χ0) is 29.0. The standard InChI is InChI=1S/C33H63NO5/c1-3-5-7-8-9-10-11-12-13-14-15-16-17-18-19-20-21-22-23-25-27-31(37)33(39)34-29(28-35)32(38)30(36)26-24-6-4-2/h5,7,9-10,29-32,35-38H,3-4,6,8,11-28H2,1-2H3,(H,34,39)/b7-5-,10-9-. The Morgan fingerprint density at radius 1 is 0.667 bits per heavy atom. The summed E-state index contributed by atoms with van der Waals surface area (Å²) < 4.78 is 0. The van der Waals surface area contributed by atoms with Gasteiger partial charge in [0.25, 0.3) is 0 Å². The number of aliphatic hydroxyl groups excluding tert-OH is 4. The fourth-order valence-electron chi connectivity index (χ4n) is 4.79. The van der Waals surface area contributed by atoms with Crippen molar-refractivity contribution in [1.82, 2.24) is 5.32 Å². The highest BCUT2D eigenvalue weighted by Crippen LogP contribution is 2.15. The number of allylic oxidation sites excluding steroid dienone is 4. The van der Waals surface area contributed by atoms with E-state index in [4.69, 9.17) is 0 Å². The third-order valence-corrected chi connectivity index (χ3v) is 7.43. The van der Waals surface area contributed by atoms with Crippen LogP contribution in [0, 0.1) is 0 Å². The number of aliphatic hydroxyl groups is 4. The number of unbranched alkanes of at least 4 members (excludes halogenated alkanes) is 15. The van der Waals surface area contributed by atoms with Crippen LogP contribution in [0.3, 0.4) is 0 Å². The molecule has 4 atom stereocenters. The minimum absolute atomic E-state index is 0.367. The molecule has 0 radical (unpaired) electrons. The van der Waals surface area contributed by atoms with Gasteiger partial charge in [-0.05, 0) is 38.5 Å². The molecular weight excluding hydrogens is 490 g/mol. The van der Waals surface area contributed by atoms with E-state index in [1.165, 1.54) is 70.6 Å². The number of nitrogens with one attached hydrogen (secondary N) is 1. The maximum Gasteiger partial charge on any atom is 0.249 e. The molecule has 39 heavy (non-hydrogen) atoms. The third kappa shape index (κ3) is 23.2. The number of carbonyl (C=O) groups excluding carboxylic acids is 1. The normalized spacial score (nSPS) is 15.1. The van der Waals surface area contributed by atoms with Gasteiger partial charge in [-0.1, -0.05) is 134 Å². The Balaban J connectivity index is 3.63. The van der Waals surface area contributed by atoms with E-state index >= 15 is 0 Å². The van der Waals surface area contributed by atoms with Gasteiger partial charge in [0.1, 0.15) is 12.2 Å². The highest BCUT2D eigenvalue weighted by molar-refractivity contribution is 5.80. The lowest BCUT2D eigenvalue weighted by molar-refractivity contribution is -0.132. The summed E-state index contributed by atoms with van der Waals surface area (Å²) in [4.78, 5) is 12.3. The van der Waals surface area contributed by atoms with Gasteiger partial charge in [0.2, 0.25) is 5.91 Å². The molecule has 230 valence electrons. The molecule has 6 nitrogen and oxygen atoms in total. The first-order valence-corrected chi connectivity index (χ1v) is 16.2. The first kappa shape index (κ1) is 37.8. The second-order valence-electron chi connectivity index (χ2n) is 11.1. The molecule has 0 aliphatic heterocycles. The summed E-state index contributed by atoms with van der Waals surface area (Å²) >= 11 is 0. The average molecular weight is 554 g/mol. The summed E-state index contributed by atoms with van der Waals surface area (Å²) in [7, 11) is 0. The lowest BCUT2D eigenvalue weighted by Crippen LogP contribution is -2.53. The molecule has 0 aromatic carbocycles. The Morgan fingerprint density at radius 2 is 1.18 bits per heavy atom. The van der Waals surface area contributed by atoms with Gasteiger partial charge in [-0.3, -0.25) is 4.79 Å². The zero-order valence-corrected chi connectivity index (χ0v) is 25.4. The molecule has 0 aromatic heterocycles. The van der Waals surface area contributed by atoms with Gasteiger partial charge in [-0.15, -0.1) is 0 Å². The van der Waals surface area contributed by atoms with Crippen LogP contribution in [0.1, 0.15) is 149 Å². The summed E-state index contributed by atoms with van der Waals surface area (Å²) in [6.07, 6.45) is 28.5. The molecule has 0 aromatic rings. The van der Waals surface area contributed by atoms with E-state index in [1.54, 1.807) is 0 Å². The van der Waals surface area contributed by atoms with Crippen molar-refractivity contribution in [2.75, 3.05) is 6.61 Å². The van der Waals surface area contributed by atoms with E-state index in [-0.39, 0.29) is 0 Å². The Hall–Kier alpha value is -1.21. The lowest BCUT2D eigenvalue weighted by Gasteiger charge is -2.27. The topological polar surface area (TPSA) is 110 Å². The number of amides is 1. The monoisotopic (exact) mass is 553 g/mol. The van der Waals surface area contributed by atoms with E-state index in [0.717, 1.165) is 51.4 Å². The van der Waals surface area contributed by atoms with Gasteiger partial charge in [0, 0.05) is 0 Å². The summed E-state index contributed by atoms with van der Waals surface area (Å²) in [6.45, 7) is 3.74. The number of hydrogen-bond donors (Lipinski definition) is 5. The third-order valence-electron chi connectivity index (χ3n) is 7.43. The summed E-state index contributed by atoms with van der Waals surface area (Å²) in [5, 5.41) is 42.5. The van der Waals surface area contributed by atoms with Crippen LogP contribution in [0.2, 0.25) is 0 Å². The predicted molar refractivity (Wildman–Crippen MR) is 164 cm³/mol. The quantitative estimate of drug-likeness (QED) is 0.0535. The predicted octanol–water partition coefficient (Wildman–Crippen LogP) is 6.89. The van der Waals surface area contributed by atoms with Gasteiger partial charge in [-0.25, -0.2) is 0 Å². The van der Waals surface area contributed by atoms with Crippen molar-refractivity contribution < 1.29 is 25.2 Å². The van der Waals surface area contributed by atoms with E-state index < -0.39 is 36.9 Å². The van der Waals surface area contributed by atoms with Gasteiger partial charge >= 0.3 is 0 Å². The van der Waals surface area contributed by atoms with Crippen molar-refractivity contribution in [2.24, 2.45) is 0 Å². The Kier molecular flexibility index (Phi) is 27.4. The fraction of sp³-hybridized carbons (Fsp3) is 0.848. The van der Waals surface area contributed by atoms with Gasteiger partial charge in [0.15, 0.2) is 0 Å². The fourth-order valence-corrected chi connectivity index (χ4v) is 4.79. The van der Waals surface area contributed by atoms with Crippen molar-refractivity contribution in [2.45, 2.75) is 173 Å². The smallest absolute Gasteiger partial charge is 0.249 e. The molecule has 6 heteroatoms. The molecule has 4 unspecified atom stereocenters. The molecular formula is C33H63NO5. The summed E-state index contributed by atoms with van der Waals surface area (Å²) in [5.74, 6) is -0.596. The molecule has 0 saturated heterocycles. The van der Waals surface area contributed by atoms with Crippen molar-refractivity contribution in [3.63, 3.8) is 0 Å². The minimum Gasteiger partial charge on any atom is -0.394 e. The molecule has 0 aliphatic carbocycles. The number of rotatable bonds is 28. The lowest BCUT2D eigenvalue weighted by atomic mass is 10.00. The van der Waals surface area contributed by atoms with Gasteiger partial charge in [-0.2, -0.15) is 0 Å². The second kappa shape index (κ2) is 28.3. The van der Waals surface area contributed by atoms with E-state index in [9.17, 15) is 25.2 Å². The molecule has 0 rings (SSSR count). The van der Waals surface area contributed by atoms with Gasteiger partial charge in [0.05, 0.1) is 18.8 Å². The maximum absolute atomic E-state index is 12.3. The van der Waals surface area contributed by atoms with Crippen LogP contribution in [-0.4, -0.2) is 57.3 Å². The van der Waals surface area contributed by atoms with E-state index in [0.29, 0.717) is 12.8 Å². The first-order valence-electron chi connectivity index (χ1n) is 16.2. The van der Waals surface area contributed by atoms with Crippen molar-refractivity contribution in [3.05, 3.63) is 24.3 Å². The molecule has 0 fully saturated rings. The maximum atomic E-state index is 12.3. The van der Waals surface area contributed by atoms with E-state index in [2.05, 4.69) is 43.5 Å².